The van der Waals surface area contributed by atoms with E-state index in [1.807, 2.05) is 13.0 Å². The number of rotatable bonds is 4. The summed E-state index contributed by atoms with van der Waals surface area (Å²) in [5.41, 5.74) is 2.08. The molecular weight excluding hydrogens is 270 g/mol. The van der Waals surface area contributed by atoms with Gasteiger partial charge in [0.2, 0.25) is 6.39 Å². The highest BCUT2D eigenvalue weighted by atomic mass is 16.5. The van der Waals surface area contributed by atoms with Gasteiger partial charge in [-0.25, -0.2) is 0 Å². The number of hydrogen-bond acceptors (Lipinski definition) is 5. The lowest BCUT2D eigenvalue weighted by Crippen LogP contribution is -2.26. The Bertz CT molecular complexity index is 669. The fourth-order valence-corrected chi connectivity index (χ4v) is 1.84. The zero-order valence-electron chi connectivity index (χ0n) is 11.6. The van der Waals surface area contributed by atoms with Crippen molar-refractivity contribution in [1.29, 1.82) is 0 Å². The van der Waals surface area contributed by atoms with E-state index in [0.717, 1.165) is 11.1 Å². The SMILES string of the molecule is Cc1c(C#CCO)cccc1C(=O)NCCc1ncon1. The third-order valence-electron chi connectivity index (χ3n) is 2.92. The van der Waals surface area contributed by atoms with Crippen molar-refractivity contribution < 1.29 is 14.4 Å². The van der Waals surface area contributed by atoms with Crippen molar-refractivity contribution in [2.75, 3.05) is 13.2 Å². The van der Waals surface area contributed by atoms with E-state index in [1.165, 1.54) is 6.39 Å². The number of nitrogens with zero attached hydrogens (tertiary/aromatic N) is 2. The first-order valence-electron chi connectivity index (χ1n) is 6.45. The first-order chi connectivity index (χ1) is 10.2. The third-order valence-corrected chi connectivity index (χ3v) is 2.92. The molecule has 0 bridgehead atoms. The van der Waals surface area contributed by atoms with Gasteiger partial charge in [0, 0.05) is 24.1 Å². The van der Waals surface area contributed by atoms with Crippen molar-refractivity contribution in [2.45, 2.75) is 13.3 Å². The van der Waals surface area contributed by atoms with Crippen LogP contribution >= 0.6 is 0 Å². The summed E-state index contributed by atoms with van der Waals surface area (Å²) in [6.07, 6.45) is 1.76. The van der Waals surface area contributed by atoms with Gasteiger partial charge in [0.1, 0.15) is 6.61 Å². The molecule has 1 aromatic carbocycles. The highest BCUT2D eigenvalue weighted by molar-refractivity contribution is 5.96. The Labute approximate surface area is 122 Å². The van der Waals surface area contributed by atoms with E-state index in [4.69, 9.17) is 5.11 Å². The second kappa shape index (κ2) is 7.22. The molecule has 0 saturated carbocycles. The molecule has 1 amide bonds. The lowest BCUT2D eigenvalue weighted by Gasteiger charge is -2.08. The molecule has 108 valence electrons. The van der Waals surface area contributed by atoms with Crippen molar-refractivity contribution in [3.8, 4) is 11.8 Å². The summed E-state index contributed by atoms with van der Waals surface area (Å²) < 4.78 is 4.62. The Kier molecular flexibility index (Phi) is 5.07. The van der Waals surface area contributed by atoms with Gasteiger partial charge >= 0.3 is 0 Å². The van der Waals surface area contributed by atoms with Gasteiger partial charge in [0.05, 0.1) is 0 Å². The molecule has 0 unspecified atom stereocenters. The molecule has 2 N–H and O–H groups in total. The number of nitrogens with one attached hydrogen (secondary N) is 1. The number of aliphatic hydroxyl groups is 1. The van der Waals surface area contributed by atoms with Crippen LogP contribution in [0, 0.1) is 18.8 Å². The van der Waals surface area contributed by atoms with Crippen LogP contribution in [0.15, 0.2) is 29.1 Å². The van der Waals surface area contributed by atoms with Crippen LogP contribution in [0.5, 0.6) is 0 Å². The summed E-state index contributed by atoms with van der Waals surface area (Å²) in [6.45, 7) is 2.04. The molecule has 0 aliphatic carbocycles. The van der Waals surface area contributed by atoms with Gasteiger partial charge < -0.3 is 14.9 Å². The molecule has 0 saturated heterocycles. The first-order valence-corrected chi connectivity index (χ1v) is 6.45. The Morgan fingerprint density at radius 1 is 1.48 bits per heavy atom. The minimum absolute atomic E-state index is 0.177. The Morgan fingerprint density at radius 2 is 2.33 bits per heavy atom. The van der Waals surface area contributed by atoms with Crippen molar-refractivity contribution in [2.24, 2.45) is 0 Å². The number of carbonyl (C=O) groups excluding carboxylic acids is 1. The fraction of sp³-hybridized carbons (Fsp3) is 0.267. The Balaban J connectivity index is 2.01. The average Bonchev–Trinajstić information content (AvgIpc) is 2.99. The van der Waals surface area contributed by atoms with Crippen molar-refractivity contribution in [3.05, 3.63) is 47.1 Å². The van der Waals surface area contributed by atoms with Crippen molar-refractivity contribution in [3.63, 3.8) is 0 Å². The molecule has 6 nitrogen and oxygen atoms in total. The maximum absolute atomic E-state index is 12.1. The van der Waals surface area contributed by atoms with Gasteiger partial charge in [-0.05, 0) is 24.6 Å². The van der Waals surface area contributed by atoms with E-state index < -0.39 is 0 Å². The molecule has 0 aliphatic rings. The predicted molar refractivity (Wildman–Crippen MR) is 75.5 cm³/mol. The van der Waals surface area contributed by atoms with E-state index in [9.17, 15) is 4.79 Å². The van der Waals surface area contributed by atoms with Crippen LogP contribution in [-0.2, 0) is 6.42 Å². The summed E-state index contributed by atoms with van der Waals surface area (Å²) in [6, 6.07) is 5.32. The van der Waals surface area contributed by atoms with Crippen LogP contribution in [-0.4, -0.2) is 34.3 Å². The topological polar surface area (TPSA) is 88.2 Å². The summed E-state index contributed by atoms with van der Waals surface area (Å²) >= 11 is 0. The van der Waals surface area contributed by atoms with Crippen LogP contribution < -0.4 is 5.32 Å². The van der Waals surface area contributed by atoms with Gasteiger partial charge in [-0.2, -0.15) is 4.98 Å². The van der Waals surface area contributed by atoms with E-state index in [0.29, 0.717) is 24.4 Å². The minimum atomic E-state index is -0.208. The highest BCUT2D eigenvalue weighted by Gasteiger charge is 2.10. The maximum atomic E-state index is 12.1. The van der Waals surface area contributed by atoms with Crippen LogP contribution in [0.1, 0.15) is 27.3 Å². The van der Waals surface area contributed by atoms with E-state index in [2.05, 4.69) is 31.8 Å². The monoisotopic (exact) mass is 285 g/mol. The van der Waals surface area contributed by atoms with Gasteiger partial charge in [0.25, 0.3) is 5.91 Å². The van der Waals surface area contributed by atoms with Gasteiger partial charge in [-0.15, -0.1) is 0 Å². The molecule has 2 aromatic rings. The minimum Gasteiger partial charge on any atom is -0.384 e. The van der Waals surface area contributed by atoms with Gasteiger partial charge in [-0.1, -0.05) is 23.1 Å². The number of hydrogen-bond donors (Lipinski definition) is 2. The van der Waals surface area contributed by atoms with Crippen LogP contribution in [0.4, 0.5) is 0 Å². The second-order valence-corrected chi connectivity index (χ2v) is 4.29. The molecule has 1 aromatic heterocycles. The molecule has 0 fully saturated rings. The van der Waals surface area contributed by atoms with Crippen LogP contribution in [0.3, 0.4) is 0 Å². The molecular formula is C15H15N3O3. The van der Waals surface area contributed by atoms with E-state index in [1.54, 1.807) is 12.1 Å². The zero-order valence-corrected chi connectivity index (χ0v) is 11.6. The van der Waals surface area contributed by atoms with Crippen LogP contribution in [0.2, 0.25) is 0 Å². The summed E-state index contributed by atoms with van der Waals surface area (Å²) in [5, 5.41) is 15.2. The summed E-state index contributed by atoms with van der Waals surface area (Å²) in [5.74, 6) is 5.78. The number of aromatic nitrogens is 2. The van der Waals surface area contributed by atoms with Crippen LogP contribution in [0.25, 0.3) is 0 Å². The Hall–Kier alpha value is -2.65. The predicted octanol–water partition coefficient (Wildman–Crippen LogP) is 0.694. The maximum Gasteiger partial charge on any atom is 0.251 e. The average molecular weight is 285 g/mol. The smallest absolute Gasteiger partial charge is 0.251 e. The lowest BCUT2D eigenvalue weighted by atomic mass is 10.0. The van der Waals surface area contributed by atoms with Crippen molar-refractivity contribution >= 4 is 5.91 Å². The van der Waals surface area contributed by atoms with E-state index in [-0.39, 0.29) is 12.5 Å². The lowest BCUT2D eigenvalue weighted by molar-refractivity contribution is 0.0953. The molecule has 1 heterocycles. The molecule has 0 atom stereocenters. The quantitative estimate of drug-likeness (QED) is 0.807. The zero-order chi connectivity index (χ0) is 15.1. The summed E-state index contributed by atoms with van der Waals surface area (Å²) in [4.78, 5) is 16.0. The number of benzene rings is 1. The second-order valence-electron chi connectivity index (χ2n) is 4.29. The Morgan fingerprint density at radius 3 is 3.05 bits per heavy atom. The molecule has 21 heavy (non-hydrogen) atoms. The third kappa shape index (κ3) is 3.91. The molecule has 0 aliphatic heterocycles. The standard InChI is InChI=1S/C15H15N3O3/c1-11-12(5-3-9-19)4-2-6-13(11)15(20)16-8-7-14-17-10-21-18-14/h2,4,6,10,19H,7-9H2,1H3,(H,16,20). The van der Waals surface area contributed by atoms with E-state index >= 15 is 0 Å². The summed E-state index contributed by atoms with van der Waals surface area (Å²) in [7, 11) is 0. The first kappa shape index (κ1) is 14.8. The molecule has 0 radical (unpaired) electrons. The molecule has 2 rings (SSSR count). The van der Waals surface area contributed by atoms with Crippen molar-refractivity contribution in [1.82, 2.24) is 15.5 Å². The number of carbonyl (C=O) groups is 1. The molecule has 0 spiro atoms. The van der Waals surface area contributed by atoms with Gasteiger partial charge in [-0.3, -0.25) is 4.79 Å². The highest BCUT2D eigenvalue weighted by Crippen LogP contribution is 2.12. The number of aliphatic hydroxyl groups excluding tert-OH is 1. The molecule has 6 heteroatoms. The van der Waals surface area contributed by atoms with Gasteiger partial charge in [0.15, 0.2) is 5.82 Å². The number of amides is 1. The largest absolute Gasteiger partial charge is 0.384 e. The normalized spacial score (nSPS) is 9.81. The fourth-order valence-electron chi connectivity index (χ4n) is 1.84.